The summed E-state index contributed by atoms with van der Waals surface area (Å²) in [5.41, 5.74) is 1.02. The summed E-state index contributed by atoms with van der Waals surface area (Å²) in [5.74, 6) is -1.02. The van der Waals surface area contributed by atoms with Crippen molar-refractivity contribution in [1.29, 1.82) is 0 Å². The van der Waals surface area contributed by atoms with Gasteiger partial charge in [0.15, 0.2) is 11.2 Å². The summed E-state index contributed by atoms with van der Waals surface area (Å²) in [5, 5.41) is 0.761. The number of rotatable bonds is 6. The van der Waals surface area contributed by atoms with Crippen molar-refractivity contribution in [1.82, 2.24) is 9.44 Å². The predicted molar refractivity (Wildman–Crippen MR) is 96.6 cm³/mol. The number of carbonyl (C=O) groups is 1. The highest BCUT2D eigenvalue weighted by atomic mass is 35.5. The van der Waals surface area contributed by atoms with E-state index in [0.717, 1.165) is 0 Å². The third kappa shape index (κ3) is 5.15. The molecule has 0 fully saturated rings. The molecule has 0 aliphatic rings. The van der Waals surface area contributed by atoms with Crippen LogP contribution in [0.4, 0.5) is 4.39 Å². The van der Waals surface area contributed by atoms with Gasteiger partial charge in [0.1, 0.15) is 18.2 Å². The number of hydrogen-bond donors (Lipinski definition) is 2. The van der Waals surface area contributed by atoms with E-state index in [9.17, 15) is 13.4 Å². The van der Waals surface area contributed by atoms with Crippen molar-refractivity contribution in [2.75, 3.05) is 7.05 Å². The number of aryl methyl sites for hydroxylation is 1. The first-order valence-corrected chi connectivity index (χ1v) is 8.99. The Balaban J connectivity index is 2.14. The second kappa shape index (κ2) is 8.62. The van der Waals surface area contributed by atoms with Gasteiger partial charge < -0.3 is 4.74 Å². The van der Waals surface area contributed by atoms with Crippen molar-refractivity contribution in [3.8, 4) is 5.75 Å². The van der Waals surface area contributed by atoms with E-state index in [-0.39, 0.29) is 12.2 Å². The molecule has 134 valence electrons. The fraction of sp³-hybridized carbons (Fsp3) is 0.188. The van der Waals surface area contributed by atoms with Gasteiger partial charge in [-0.25, -0.2) is 13.3 Å². The van der Waals surface area contributed by atoms with Gasteiger partial charge in [-0.1, -0.05) is 23.2 Å². The maximum absolute atomic E-state index is 14.2. The molecular formula is C16H15Cl2FN2O3S. The Labute approximate surface area is 157 Å². The normalized spacial score (nSPS) is 11.9. The van der Waals surface area contributed by atoms with Gasteiger partial charge in [0, 0.05) is 6.07 Å². The van der Waals surface area contributed by atoms with Crippen LogP contribution in [0.3, 0.4) is 0 Å². The van der Waals surface area contributed by atoms with Crippen LogP contribution in [0.5, 0.6) is 5.75 Å². The topological polar surface area (TPSA) is 67.4 Å². The van der Waals surface area contributed by atoms with E-state index in [0.29, 0.717) is 26.9 Å². The molecule has 0 aliphatic heterocycles. The lowest BCUT2D eigenvalue weighted by Gasteiger charge is -2.12. The number of halogens is 3. The van der Waals surface area contributed by atoms with Gasteiger partial charge in [-0.3, -0.25) is 9.52 Å². The number of ether oxygens (including phenoxy) is 1. The van der Waals surface area contributed by atoms with Crippen LogP contribution >= 0.6 is 23.2 Å². The summed E-state index contributed by atoms with van der Waals surface area (Å²) < 4.78 is 35.5. The van der Waals surface area contributed by atoms with Gasteiger partial charge in [-0.15, -0.1) is 0 Å². The van der Waals surface area contributed by atoms with Crippen LogP contribution in [0, 0.1) is 12.7 Å². The van der Waals surface area contributed by atoms with Gasteiger partial charge in [0.25, 0.3) is 5.91 Å². The lowest BCUT2D eigenvalue weighted by atomic mass is 10.0. The maximum atomic E-state index is 14.2. The molecule has 9 heteroatoms. The van der Waals surface area contributed by atoms with E-state index < -0.39 is 22.9 Å². The molecule has 0 radical (unpaired) electrons. The number of hydrogen-bond acceptors (Lipinski definition) is 3. The zero-order chi connectivity index (χ0) is 18.6. The van der Waals surface area contributed by atoms with Crippen molar-refractivity contribution in [2.24, 2.45) is 0 Å². The highest BCUT2D eigenvalue weighted by Gasteiger charge is 2.16. The van der Waals surface area contributed by atoms with Gasteiger partial charge in [0.05, 0.1) is 15.6 Å². The van der Waals surface area contributed by atoms with Gasteiger partial charge >= 0.3 is 0 Å². The van der Waals surface area contributed by atoms with Crippen molar-refractivity contribution in [3.63, 3.8) is 0 Å². The van der Waals surface area contributed by atoms with E-state index in [1.165, 1.54) is 19.2 Å². The van der Waals surface area contributed by atoms with E-state index in [1.54, 1.807) is 25.1 Å². The van der Waals surface area contributed by atoms with Crippen LogP contribution in [0.1, 0.15) is 21.5 Å². The Morgan fingerprint density at radius 1 is 1.24 bits per heavy atom. The Hall–Kier alpha value is -1.67. The standard InChI is InChI=1S/C16H15Cl2FN2O3S/c1-9-5-12(16(22)21-25(23)20-2)15(19)6-10(9)8-24-11-3-4-13(17)14(18)7-11/h3-7,20H,8H2,1-2H3,(H,21,22). The van der Waals surface area contributed by atoms with E-state index in [2.05, 4.69) is 9.44 Å². The van der Waals surface area contributed by atoms with Crippen LogP contribution in [0.25, 0.3) is 0 Å². The highest BCUT2D eigenvalue weighted by molar-refractivity contribution is 7.81. The second-order valence-corrected chi connectivity index (χ2v) is 6.99. The largest absolute Gasteiger partial charge is 0.489 e. The third-order valence-corrected chi connectivity index (χ3v) is 4.81. The molecule has 2 aromatic rings. The summed E-state index contributed by atoms with van der Waals surface area (Å²) >= 11 is 9.98. The lowest BCUT2D eigenvalue weighted by molar-refractivity contribution is 0.0978. The summed E-state index contributed by atoms with van der Waals surface area (Å²) in [6.07, 6.45) is 0. The molecule has 2 rings (SSSR count). The molecular weight excluding hydrogens is 390 g/mol. The smallest absolute Gasteiger partial charge is 0.266 e. The van der Waals surface area contributed by atoms with Crippen molar-refractivity contribution in [3.05, 3.63) is 62.9 Å². The SMILES string of the molecule is CNS(=O)NC(=O)c1cc(C)c(COc2ccc(Cl)c(Cl)c2)cc1F. The predicted octanol–water partition coefficient (Wildman–Crippen LogP) is 3.55. The Bertz CT molecular complexity index is 833. The van der Waals surface area contributed by atoms with Crippen LogP contribution < -0.4 is 14.2 Å². The first kappa shape index (κ1) is 19.7. The van der Waals surface area contributed by atoms with Crippen LogP contribution in [-0.4, -0.2) is 17.2 Å². The molecule has 2 aromatic carbocycles. The van der Waals surface area contributed by atoms with Gasteiger partial charge in [0.2, 0.25) is 0 Å². The van der Waals surface area contributed by atoms with Gasteiger partial charge in [-0.05, 0) is 49.4 Å². The number of carbonyl (C=O) groups excluding carboxylic acids is 1. The lowest BCUT2D eigenvalue weighted by Crippen LogP contribution is -2.33. The monoisotopic (exact) mass is 404 g/mol. The Kier molecular flexibility index (Phi) is 6.78. The second-order valence-electron chi connectivity index (χ2n) is 5.03. The Morgan fingerprint density at radius 2 is 1.96 bits per heavy atom. The fourth-order valence-corrected chi connectivity index (χ4v) is 2.64. The molecule has 0 bridgehead atoms. The van der Waals surface area contributed by atoms with Crippen LogP contribution in [-0.2, 0) is 17.8 Å². The van der Waals surface area contributed by atoms with Gasteiger partial charge in [-0.2, -0.15) is 0 Å². The first-order valence-electron chi connectivity index (χ1n) is 7.09. The minimum absolute atomic E-state index is 0.0884. The average Bonchev–Trinajstić information content (AvgIpc) is 2.57. The van der Waals surface area contributed by atoms with Crippen molar-refractivity contribution in [2.45, 2.75) is 13.5 Å². The average molecular weight is 405 g/mol. The molecule has 1 unspecified atom stereocenters. The van der Waals surface area contributed by atoms with Crippen molar-refractivity contribution >= 4 is 40.3 Å². The quantitative estimate of drug-likeness (QED) is 0.773. The molecule has 2 N–H and O–H groups in total. The van der Waals surface area contributed by atoms with Crippen LogP contribution in [0.2, 0.25) is 10.0 Å². The summed E-state index contributed by atoms with van der Waals surface area (Å²) in [7, 11) is 1.40. The number of nitrogens with one attached hydrogen (secondary N) is 2. The zero-order valence-electron chi connectivity index (χ0n) is 13.4. The minimum atomic E-state index is -1.77. The van der Waals surface area contributed by atoms with Crippen LogP contribution in [0.15, 0.2) is 30.3 Å². The minimum Gasteiger partial charge on any atom is -0.489 e. The molecule has 0 saturated heterocycles. The highest BCUT2D eigenvalue weighted by Crippen LogP contribution is 2.27. The van der Waals surface area contributed by atoms with E-state index in [1.807, 2.05) is 0 Å². The summed E-state index contributed by atoms with van der Waals surface area (Å²) in [6, 6.07) is 7.40. The third-order valence-electron chi connectivity index (χ3n) is 3.33. The summed E-state index contributed by atoms with van der Waals surface area (Å²) in [4.78, 5) is 11.9. The molecule has 0 heterocycles. The fourth-order valence-electron chi connectivity index (χ4n) is 1.97. The molecule has 1 atom stereocenters. The molecule has 0 aliphatic carbocycles. The molecule has 0 saturated carbocycles. The molecule has 25 heavy (non-hydrogen) atoms. The summed E-state index contributed by atoms with van der Waals surface area (Å²) in [6.45, 7) is 1.81. The van der Waals surface area contributed by atoms with E-state index in [4.69, 9.17) is 27.9 Å². The van der Waals surface area contributed by atoms with E-state index >= 15 is 0 Å². The number of benzene rings is 2. The number of amides is 1. The molecule has 5 nitrogen and oxygen atoms in total. The first-order chi connectivity index (χ1) is 11.8. The Morgan fingerprint density at radius 3 is 2.60 bits per heavy atom. The zero-order valence-corrected chi connectivity index (χ0v) is 15.7. The molecule has 0 spiro atoms. The molecule has 0 aromatic heterocycles. The van der Waals surface area contributed by atoms with Crippen molar-refractivity contribution < 1.29 is 18.1 Å². The maximum Gasteiger partial charge on any atom is 0.266 e. The molecule has 1 amide bonds.